The van der Waals surface area contributed by atoms with Gasteiger partial charge in [0.1, 0.15) is 23.3 Å². The molecule has 0 radical (unpaired) electrons. The average molecular weight is 348 g/mol. The van der Waals surface area contributed by atoms with E-state index in [4.69, 9.17) is 15.3 Å². The monoisotopic (exact) mass is 347 g/mol. The molecule has 0 aromatic heterocycles. The number of ether oxygens (including phenoxy) is 1. The van der Waals surface area contributed by atoms with E-state index in [1.165, 1.54) is 6.08 Å². The second kappa shape index (κ2) is 6.92. The molecule has 0 heterocycles. The van der Waals surface area contributed by atoms with Crippen LogP contribution in [0.4, 0.5) is 10.5 Å². The fraction of sp³-hybridized carbons (Fsp3) is 0.267. The molecular formula is C15H14BrN3O2. The van der Waals surface area contributed by atoms with Crippen molar-refractivity contribution in [2.24, 2.45) is 0 Å². The topological polar surface area (TPSA) is 85.9 Å². The summed E-state index contributed by atoms with van der Waals surface area (Å²) in [5.74, 6) is 0. The summed E-state index contributed by atoms with van der Waals surface area (Å²) in [7, 11) is 0. The first-order valence-corrected chi connectivity index (χ1v) is 6.86. The second-order valence-corrected chi connectivity index (χ2v) is 6.06. The van der Waals surface area contributed by atoms with E-state index in [0.29, 0.717) is 11.3 Å². The van der Waals surface area contributed by atoms with Gasteiger partial charge >= 0.3 is 6.09 Å². The molecule has 6 heteroatoms. The summed E-state index contributed by atoms with van der Waals surface area (Å²) in [4.78, 5) is 11.8. The van der Waals surface area contributed by atoms with Gasteiger partial charge in [-0.25, -0.2) is 4.79 Å². The maximum atomic E-state index is 11.8. The van der Waals surface area contributed by atoms with Gasteiger partial charge in [0.25, 0.3) is 0 Å². The van der Waals surface area contributed by atoms with Gasteiger partial charge in [-0.05, 0) is 45.0 Å². The molecule has 5 nitrogen and oxygen atoms in total. The summed E-state index contributed by atoms with van der Waals surface area (Å²) < 4.78 is 5.93. The highest BCUT2D eigenvalue weighted by Gasteiger charge is 2.17. The van der Waals surface area contributed by atoms with Gasteiger partial charge in [-0.3, -0.25) is 5.32 Å². The molecule has 21 heavy (non-hydrogen) atoms. The summed E-state index contributed by atoms with van der Waals surface area (Å²) in [5, 5.41) is 20.2. The van der Waals surface area contributed by atoms with Crippen LogP contribution in [0.15, 0.2) is 28.2 Å². The van der Waals surface area contributed by atoms with Gasteiger partial charge in [0.15, 0.2) is 0 Å². The Hall–Kier alpha value is -2.31. The maximum Gasteiger partial charge on any atom is 0.412 e. The Morgan fingerprint density at radius 2 is 1.95 bits per heavy atom. The van der Waals surface area contributed by atoms with E-state index >= 15 is 0 Å². The molecule has 0 fully saturated rings. The van der Waals surface area contributed by atoms with Gasteiger partial charge in [0.2, 0.25) is 0 Å². The lowest BCUT2D eigenvalue weighted by Crippen LogP contribution is -2.27. The SMILES string of the molecule is CC(C)(C)OC(=O)Nc1ccc(Br)cc1C=C(C#N)C#N. The van der Waals surface area contributed by atoms with E-state index < -0.39 is 11.7 Å². The van der Waals surface area contributed by atoms with Crippen LogP contribution in [0.5, 0.6) is 0 Å². The molecule has 0 saturated heterocycles. The largest absolute Gasteiger partial charge is 0.444 e. The molecule has 0 saturated carbocycles. The molecule has 0 aliphatic carbocycles. The van der Waals surface area contributed by atoms with Crippen molar-refractivity contribution in [2.75, 3.05) is 5.32 Å². The van der Waals surface area contributed by atoms with Crippen LogP contribution in [0.3, 0.4) is 0 Å². The van der Waals surface area contributed by atoms with Gasteiger partial charge in [-0.15, -0.1) is 0 Å². The van der Waals surface area contributed by atoms with E-state index in [2.05, 4.69) is 21.2 Å². The van der Waals surface area contributed by atoms with E-state index in [0.717, 1.165) is 4.47 Å². The predicted molar refractivity (Wildman–Crippen MR) is 83.2 cm³/mol. The first-order chi connectivity index (χ1) is 9.75. The standard InChI is InChI=1S/C15H14BrN3O2/c1-15(2,3)21-14(20)19-13-5-4-12(16)7-11(13)6-10(8-17)9-18/h4-7H,1-3H3,(H,19,20). The average Bonchev–Trinajstić information content (AvgIpc) is 2.36. The molecule has 1 amide bonds. The highest BCUT2D eigenvalue weighted by molar-refractivity contribution is 9.10. The zero-order chi connectivity index (χ0) is 16.0. The molecule has 0 aliphatic heterocycles. The molecule has 0 atom stereocenters. The molecule has 1 aromatic rings. The fourth-order valence-electron chi connectivity index (χ4n) is 1.43. The maximum absolute atomic E-state index is 11.8. The van der Waals surface area contributed by atoms with E-state index in [-0.39, 0.29) is 5.57 Å². The molecule has 1 rings (SSSR count). The van der Waals surface area contributed by atoms with Crippen LogP contribution in [0.25, 0.3) is 6.08 Å². The fourth-order valence-corrected chi connectivity index (χ4v) is 1.80. The Labute approximate surface area is 132 Å². The molecule has 108 valence electrons. The van der Waals surface area contributed by atoms with Crippen LogP contribution in [-0.2, 0) is 4.74 Å². The highest BCUT2D eigenvalue weighted by atomic mass is 79.9. The molecular weight excluding hydrogens is 334 g/mol. The number of allylic oxidation sites excluding steroid dienone is 1. The van der Waals surface area contributed by atoms with Crippen LogP contribution in [0, 0.1) is 22.7 Å². The summed E-state index contributed by atoms with van der Waals surface area (Å²) in [6.45, 7) is 5.29. The number of anilines is 1. The number of halogens is 1. The Kier molecular flexibility index (Phi) is 5.52. The number of nitrogens with one attached hydrogen (secondary N) is 1. The molecule has 0 unspecified atom stereocenters. The number of rotatable bonds is 2. The zero-order valence-corrected chi connectivity index (χ0v) is 13.5. The van der Waals surface area contributed by atoms with Gasteiger partial charge in [0.05, 0.1) is 5.69 Å². The third-order valence-electron chi connectivity index (χ3n) is 2.19. The number of amides is 1. The van der Waals surface area contributed by atoms with Crippen molar-refractivity contribution in [1.82, 2.24) is 0 Å². The third-order valence-corrected chi connectivity index (χ3v) is 2.68. The molecule has 1 aromatic carbocycles. The minimum atomic E-state index is -0.611. The van der Waals surface area contributed by atoms with Crippen LogP contribution < -0.4 is 5.32 Å². The Morgan fingerprint density at radius 3 is 2.48 bits per heavy atom. The van der Waals surface area contributed by atoms with Crippen LogP contribution in [-0.4, -0.2) is 11.7 Å². The number of carbonyl (C=O) groups is 1. The number of hydrogen-bond donors (Lipinski definition) is 1. The summed E-state index contributed by atoms with van der Waals surface area (Å²) in [5.41, 5.74) is 0.323. The van der Waals surface area contributed by atoms with Crippen molar-refractivity contribution in [3.63, 3.8) is 0 Å². The minimum absolute atomic E-state index is 0.0552. The second-order valence-electron chi connectivity index (χ2n) is 5.14. The van der Waals surface area contributed by atoms with E-state index in [1.54, 1.807) is 51.1 Å². The molecule has 0 spiro atoms. The minimum Gasteiger partial charge on any atom is -0.444 e. The van der Waals surface area contributed by atoms with Crippen molar-refractivity contribution >= 4 is 33.8 Å². The normalized spacial score (nSPS) is 10.0. The van der Waals surface area contributed by atoms with E-state index in [1.807, 2.05) is 0 Å². The van der Waals surface area contributed by atoms with Crippen molar-refractivity contribution in [3.05, 3.63) is 33.8 Å². The number of nitrogens with zero attached hydrogens (tertiary/aromatic N) is 2. The zero-order valence-electron chi connectivity index (χ0n) is 11.9. The van der Waals surface area contributed by atoms with Gasteiger partial charge in [-0.2, -0.15) is 10.5 Å². The highest BCUT2D eigenvalue weighted by Crippen LogP contribution is 2.24. The first-order valence-electron chi connectivity index (χ1n) is 6.06. The van der Waals surface area contributed by atoms with Crippen molar-refractivity contribution in [3.8, 4) is 12.1 Å². The quantitative estimate of drug-likeness (QED) is 0.811. The Balaban J connectivity index is 3.09. The number of nitriles is 2. The van der Waals surface area contributed by atoms with Crippen LogP contribution >= 0.6 is 15.9 Å². The lowest BCUT2D eigenvalue weighted by atomic mass is 10.1. The molecule has 0 bridgehead atoms. The Morgan fingerprint density at radius 1 is 1.33 bits per heavy atom. The molecule has 1 N–H and O–H groups in total. The summed E-state index contributed by atoms with van der Waals surface area (Å²) >= 11 is 3.31. The summed E-state index contributed by atoms with van der Waals surface area (Å²) in [6.07, 6.45) is 0.798. The lowest BCUT2D eigenvalue weighted by molar-refractivity contribution is 0.0636. The Bertz CT molecular complexity index is 645. The van der Waals surface area contributed by atoms with Crippen molar-refractivity contribution < 1.29 is 9.53 Å². The van der Waals surface area contributed by atoms with Gasteiger partial charge in [0, 0.05) is 10.0 Å². The molecule has 0 aliphatic rings. The van der Waals surface area contributed by atoms with Crippen molar-refractivity contribution in [2.45, 2.75) is 26.4 Å². The van der Waals surface area contributed by atoms with Crippen molar-refractivity contribution in [1.29, 1.82) is 10.5 Å². The van der Waals surface area contributed by atoms with Gasteiger partial charge < -0.3 is 4.74 Å². The third kappa shape index (κ3) is 5.68. The number of carbonyl (C=O) groups excluding carboxylic acids is 1. The lowest BCUT2D eigenvalue weighted by Gasteiger charge is -2.20. The van der Waals surface area contributed by atoms with Crippen LogP contribution in [0.1, 0.15) is 26.3 Å². The van der Waals surface area contributed by atoms with E-state index in [9.17, 15) is 4.79 Å². The number of hydrogen-bond acceptors (Lipinski definition) is 4. The smallest absolute Gasteiger partial charge is 0.412 e. The van der Waals surface area contributed by atoms with Gasteiger partial charge in [-0.1, -0.05) is 15.9 Å². The van der Waals surface area contributed by atoms with Crippen LogP contribution in [0.2, 0.25) is 0 Å². The predicted octanol–water partition coefficient (Wildman–Crippen LogP) is 4.23. The first kappa shape index (κ1) is 16.7. The number of benzene rings is 1. The summed E-state index contributed by atoms with van der Waals surface area (Å²) in [6, 6.07) is 8.65.